The highest BCUT2D eigenvalue weighted by atomic mass is 15.5. The third-order valence-corrected chi connectivity index (χ3v) is 6.13. The average molecular weight is 507 g/mol. The van der Waals surface area contributed by atoms with Gasteiger partial charge in [-0.1, -0.05) is 56.0 Å². The van der Waals surface area contributed by atoms with Gasteiger partial charge < -0.3 is 14.7 Å². The van der Waals surface area contributed by atoms with Crippen LogP contribution in [0.4, 0.5) is 17.1 Å². The number of nitrogens with zero attached hydrogens (tertiary/aromatic N) is 7. The van der Waals surface area contributed by atoms with Crippen LogP contribution in [0, 0.1) is 0 Å². The Morgan fingerprint density at radius 2 is 1.03 bits per heavy atom. The Bertz CT molecular complexity index is 1330. The van der Waals surface area contributed by atoms with Crippen LogP contribution < -0.4 is 19.4 Å². The maximum absolute atomic E-state index is 4.73. The third-order valence-electron chi connectivity index (χ3n) is 6.13. The van der Waals surface area contributed by atoms with E-state index in [9.17, 15) is 0 Å². The fourth-order valence-corrected chi connectivity index (χ4v) is 3.76. The first-order chi connectivity index (χ1) is 18.3. The van der Waals surface area contributed by atoms with Crippen molar-refractivity contribution >= 4 is 41.6 Å². The highest BCUT2D eigenvalue weighted by molar-refractivity contribution is 5.81. The quantitative estimate of drug-likeness (QED) is 0.239. The largest absolute Gasteiger partial charge is 0.378 e. The van der Waals surface area contributed by atoms with Gasteiger partial charge in [0.1, 0.15) is 0 Å². The number of aromatic nitrogens is 2. The highest BCUT2D eigenvalue weighted by Gasteiger charge is 2.14. The van der Waals surface area contributed by atoms with Gasteiger partial charge in [0, 0.05) is 65.4 Å². The summed E-state index contributed by atoms with van der Waals surface area (Å²) in [6.45, 7) is 0. The van der Waals surface area contributed by atoms with Crippen molar-refractivity contribution in [2.75, 3.05) is 57.0 Å². The van der Waals surface area contributed by atoms with Gasteiger partial charge in [0.05, 0.1) is 12.4 Å². The van der Waals surface area contributed by atoms with Gasteiger partial charge in [-0.05, 0) is 59.2 Å². The van der Waals surface area contributed by atoms with Crippen LogP contribution in [0.3, 0.4) is 0 Å². The van der Waals surface area contributed by atoms with Crippen molar-refractivity contribution in [2.24, 2.45) is 10.2 Å². The van der Waals surface area contributed by atoms with Crippen LogP contribution in [0.5, 0.6) is 0 Å². The van der Waals surface area contributed by atoms with Gasteiger partial charge in [-0.2, -0.15) is 0 Å². The minimum atomic E-state index is 0.823. The van der Waals surface area contributed by atoms with Gasteiger partial charge in [0.2, 0.25) is 0 Å². The van der Waals surface area contributed by atoms with Crippen molar-refractivity contribution in [3.8, 4) is 0 Å². The summed E-state index contributed by atoms with van der Waals surface area (Å²) in [6.07, 6.45) is 11.6. The Labute approximate surface area is 225 Å². The van der Waals surface area contributed by atoms with Crippen LogP contribution in [0.2, 0.25) is 0 Å². The van der Waals surface area contributed by atoms with E-state index in [2.05, 4.69) is 93.6 Å². The molecular formula is C31H36N7+. The van der Waals surface area contributed by atoms with E-state index in [1.54, 1.807) is 0 Å². The second-order valence-corrected chi connectivity index (χ2v) is 9.63. The molecule has 0 fully saturated rings. The first kappa shape index (κ1) is 26.4. The second kappa shape index (κ2) is 12.1. The Kier molecular flexibility index (Phi) is 8.38. The molecule has 4 aromatic rings. The topological polar surface area (TPSA) is 43.2 Å². The lowest BCUT2D eigenvalue weighted by molar-refractivity contribution is -0.679. The molecule has 38 heavy (non-hydrogen) atoms. The van der Waals surface area contributed by atoms with E-state index < -0.39 is 0 Å². The van der Waals surface area contributed by atoms with Crippen LogP contribution >= 0.6 is 0 Å². The fraction of sp³-hybridized carbons (Fsp3) is 0.194. The van der Waals surface area contributed by atoms with Gasteiger partial charge in [0.15, 0.2) is 12.4 Å². The van der Waals surface area contributed by atoms with E-state index in [4.69, 9.17) is 10.2 Å². The molecule has 0 aliphatic carbocycles. The van der Waals surface area contributed by atoms with Crippen LogP contribution in [-0.4, -0.2) is 59.4 Å². The molecule has 7 nitrogen and oxygen atoms in total. The number of hydrogen-bond donors (Lipinski definition) is 0. The van der Waals surface area contributed by atoms with Gasteiger partial charge in [-0.15, -0.1) is 0 Å². The summed E-state index contributed by atoms with van der Waals surface area (Å²) in [7, 11) is 12.2. The van der Waals surface area contributed by atoms with Crippen LogP contribution in [0.25, 0.3) is 12.2 Å². The molecule has 0 radical (unpaired) electrons. The van der Waals surface area contributed by atoms with Crippen LogP contribution in [0.15, 0.2) is 95.4 Å². The highest BCUT2D eigenvalue weighted by Crippen LogP contribution is 2.15. The number of rotatable bonds is 9. The maximum Gasteiger partial charge on any atom is 0.332 e. The molecule has 0 bridgehead atoms. The van der Waals surface area contributed by atoms with Crippen molar-refractivity contribution in [1.82, 2.24) is 4.68 Å². The van der Waals surface area contributed by atoms with E-state index in [-0.39, 0.29) is 0 Å². The third kappa shape index (κ3) is 6.76. The summed E-state index contributed by atoms with van der Waals surface area (Å²) in [6, 6.07) is 25.0. The van der Waals surface area contributed by atoms with Gasteiger partial charge in [-0.3, -0.25) is 0 Å². The van der Waals surface area contributed by atoms with E-state index in [0.717, 1.165) is 39.6 Å². The second-order valence-electron chi connectivity index (χ2n) is 9.63. The molecule has 0 N–H and O–H groups in total. The monoisotopic (exact) mass is 506 g/mol. The van der Waals surface area contributed by atoms with Crippen molar-refractivity contribution in [1.29, 1.82) is 0 Å². The van der Waals surface area contributed by atoms with E-state index in [1.165, 1.54) is 0 Å². The molecule has 1 heterocycles. The minimum Gasteiger partial charge on any atom is -0.378 e. The number of hydrogen-bond acceptors (Lipinski definition) is 5. The first-order valence-electron chi connectivity index (χ1n) is 12.5. The molecule has 0 saturated heterocycles. The Morgan fingerprint density at radius 3 is 1.50 bits per heavy atom. The zero-order chi connectivity index (χ0) is 27.1. The Hall–Kier alpha value is -4.65. The van der Waals surface area contributed by atoms with Crippen LogP contribution in [-0.2, 0) is 0 Å². The molecule has 0 aliphatic heterocycles. The van der Waals surface area contributed by atoms with Crippen molar-refractivity contribution in [2.45, 2.75) is 0 Å². The first-order valence-corrected chi connectivity index (χ1v) is 12.5. The maximum atomic E-state index is 4.73. The standard InChI is InChI=1S/C31H36N7/c1-34(2)28-14-7-25(8-15-28)13-20-31-37(32-23-26-9-16-29(17-10-26)35(3)4)21-22-38(31)33-24-27-11-18-30(19-12-27)36(5)6/h7-24H,1-6H3/q+1/b32-23-,33-24-. The predicted molar refractivity (Wildman–Crippen MR) is 162 cm³/mol. The molecule has 0 spiro atoms. The predicted octanol–water partition coefficient (Wildman–Crippen LogP) is 4.91. The van der Waals surface area contributed by atoms with E-state index in [1.807, 2.05) is 82.5 Å². The summed E-state index contributed by atoms with van der Waals surface area (Å²) in [5, 5.41) is 9.45. The summed E-state index contributed by atoms with van der Waals surface area (Å²) >= 11 is 0. The van der Waals surface area contributed by atoms with Crippen molar-refractivity contribution in [3.63, 3.8) is 0 Å². The minimum absolute atomic E-state index is 0.823. The lowest BCUT2D eigenvalue weighted by Gasteiger charge is -2.11. The molecule has 0 amide bonds. The van der Waals surface area contributed by atoms with Crippen LogP contribution in [0.1, 0.15) is 22.5 Å². The van der Waals surface area contributed by atoms with E-state index >= 15 is 0 Å². The Morgan fingerprint density at radius 1 is 0.579 bits per heavy atom. The average Bonchev–Trinajstić information content (AvgIpc) is 3.31. The molecular weight excluding hydrogens is 470 g/mol. The van der Waals surface area contributed by atoms with Crippen molar-refractivity contribution in [3.05, 3.63) is 108 Å². The molecule has 194 valence electrons. The fourth-order valence-electron chi connectivity index (χ4n) is 3.76. The van der Waals surface area contributed by atoms with Crippen molar-refractivity contribution < 1.29 is 4.68 Å². The van der Waals surface area contributed by atoms with Gasteiger partial charge in [-0.25, -0.2) is 0 Å². The van der Waals surface area contributed by atoms with E-state index in [0.29, 0.717) is 0 Å². The lowest BCUT2D eigenvalue weighted by Crippen LogP contribution is -2.29. The normalized spacial score (nSPS) is 11.6. The zero-order valence-electron chi connectivity index (χ0n) is 23.0. The SMILES string of the molecule is CN(C)c1ccc(/C=N\n2cc[n+](/N=C\c3ccc(N(C)C)cc3)c2/C=C/c2ccc(N(C)C)cc2)cc1. The number of anilines is 3. The number of benzene rings is 3. The molecule has 0 saturated carbocycles. The smallest absolute Gasteiger partial charge is 0.332 e. The molecule has 7 heteroatoms. The molecule has 3 aromatic carbocycles. The molecule has 0 aliphatic rings. The zero-order valence-corrected chi connectivity index (χ0v) is 23.0. The summed E-state index contributed by atoms with van der Waals surface area (Å²) in [5.74, 6) is 0.823. The molecule has 4 rings (SSSR count). The Balaban J connectivity index is 1.63. The van der Waals surface area contributed by atoms with Gasteiger partial charge in [0.25, 0.3) is 0 Å². The molecule has 1 aromatic heterocycles. The molecule has 0 atom stereocenters. The van der Waals surface area contributed by atoms with Gasteiger partial charge >= 0.3 is 5.82 Å². The summed E-state index contributed by atoms with van der Waals surface area (Å²) in [5.41, 5.74) is 6.61. The summed E-state index contributed by atoms with van der Waals surface area (Å²) in [4.78, 5) is 6.25. The number of imidazole rings is 1. The lowest BCUT2D eigenvalue weighted by atomic mass is 10.2. The summed E-state index contributed by atoms with van der Waals surface area (Å²) < 4.78 is 3.66. The molecule has 0 unspecified atom stereocenters.